The lowest BCUT2D eigenvalue weighted by atomic mass is 10.2. The highest BCUT2D eigenvalue weighted by Gasteiger charge is 2.18. The molecule has 2 amide bonds. The van der Waals surface area contributed by atoms with Gasteiger partial charge in [0.1, 0.15) is 11.4 Å². The van der Waals surface area contributed by atoms with Crippen molar-refractivity contribution in [3.05, 3.63) is 33.7 Å². The minimum Gasteiger partial charge on any atom is -0.395 e. The van der Waals surface area contributed by atoms with E-state index in [9.17, 15) is 14.4 Å². The largest absolute Gasteiger partial charge is 0.395 e. The molecule has 0 saturated heterocycles. The Morgan fingerprint density at radius 3 is 1.73 bits per heavy atom. The number of aromatic nitrogens is 1. The number of nitrogens with one attached hydrogen (secondary N) is 2. The topological polar surface area (TPSA) is 141 Å². The van der Waals surface area contributed by atoms with E-state index in [0.29, 0.717) is 0 Å². The van der Waals surface area contributed by atoms with Crippen molar-refractivity contribution in [2.45, 2.75) is 6.54 Å². The Kier molecular flexibility index (Phi) is 7.23. The third-order valence-corrected chi connectivity index (χ3v) is 2.72. The molecule has 5 N–H and O–H groups in total. The van der Waals surface area contributed by atoms with Gasteiger partial charge in [-0.05, 0) is 0 Å². The SMILES string of the molecule is O=C(NCCO)c1cc(=O)cc(C(=O)NCCO)n1CCO. The second-order valence-corrected chi connectivity index (χ2v) is 4.30. The van der Waals surface area contributed by atoms with E-state index in [1.54, 1.807) is 0 Å². The first-order chi connectivity index (χ1) is 10.5. The van der Waals surface area contributed by atoms with Crippen molar-refractivity contribution in [3.63, 3.8) is 0 Å². The molecule has 1 aromatic heterocycles. The molecule has 9 nitrogen and oxygen atoms in total. The molecule has 1 aromatic rings. The molecule has 0 unspecified atom stereocenters. The third kappa shape index (κ3) is 4.65. The Morgan fingerprint density at radius 1 is 0.909 bits per heavy atom. The lowest BCUT2D eigenvalue weighted by molar-refractivity contribution is 0.0921. The summed E-state index contributed by atoms with van der Waals surface area (Å²) in [6.45, 7) is -0.965. The van der Waals surface area contributed by atoms with Crippen LogP contribution < -0.4 is 16.1 Å². The van der Waals surface area contributed by atoms with Crippen LogP contribution in [0.5, 0.6) is 0 Å². The van der Waals surface area contributed by atoms with E-state index in [0.717, 1.165) is 12.1 Å². The standard InChI is InChI=1S/C13H19N3O6/c17-4-1-14-12(21)10-7-9(20)8-11(16(10)3-6-19)13(22)15-2-5-18/h7-8,17-19H,1-6H2,(H,14,21)(H,15,22). The zero-order chi connectivity index (χ0) is 16.5. The van der Waals surface area contributed by atoms with Crippen LogP contribution in [0.4, 0.5) is 0 Å². The van der Waals surface area contributed by atoms with Gasteiger partial charge in [-0.15, -0.1) is 0 Å². The number of carbonyl (C=O) groups excluding carboxylic acids is 2. The molecule has 0 aromatic carbocycles. The van der Waals surface area contributed by atoms with Crippen molar-refractivity contribution in [2.24, 2.45) is 0 Å². The van der Waals surface area contributed by atoms with Crippen molar-refractivity contribution in [2.75, 3.05) is 32.9 Å². The number of nitrogens with zero attached hydrogens (tertiary/aromatic N) is 1. The lowest BCUT2D eigenvalue weighted by Crippen LogP contribution is -2.36. The molecule has 0 bridgehead atoms. The van der Waals surface area contributed by atoms with E-state index < -0.39 is 17.2 Å². The molecule has 0 aliphatic carbocycles. The third-order valence-electron chi connectivity index (χ3n) is 2.72. The van der Waals surface area contributed by atoms with E-state index in [4.69, 9.17) is 15.3 Å². The van der Waals surface area contributed by atoms with Gasteiger partial charge in [0.25, 0.3) is 11.8 Å². The van der Waals surface area contributed by atoms with Crippen LogP contribution >= 0.6 is 0 Å². The van der Waals surface area contributed by atoms with Crippen LogP contribution in [0.25, 0.3) is 0 Å². The number of aliphatic hydroxyl groups is 3. The number of amides is 2. The van der Waals surface area contributed by atoms with Gasteiger partial charge in [0.15, 0.2) is 5.43 Å². The van der Waals surface area contributed by atoms with E-state index >= 15 is 0 Å². The molecule has 1 heterocycles. The van der Waals surface area contributed by atoms with Crippen LogP contribution in [0.3, 0.4) is 0 Å². The quantitative estimate of drug-likeness (QED) is 0.353. The van der Waals surface area contributed by atoms with Crippen molar-refractivity contribution in [1.29, 1.82) is 0 Å². The first-order valence-electron chi connectivity index (χ1n) is 6.69. The van der Waals surface area contributed by atoms with Gasteiger partial charge < -0.3 is 30.5 Å². The summed E-state index contributed by atoms with van der Waals surface area (Å²) in [5.41, 5.74) is -0.731. The van der Waals surface area contributed by atoms with Crippen molar-refractivity contribution in [3.8, 4) is 0 Å². The molecule has 0 saturated carbocycles. The molecule has 22 heavy (non-hydrogen) atoms. The highest BCUT2D eigenvalue weighted by Crippen LogP contribution is 2.05. The van der Waals surface area contributed by atoms with Gasteiger partial charge in [-0.3, -0.25) is 14.4 Å². The minimum absolute atomic E-state index is 0.00686. The van der Waals surface area contributed by atoms with Gasteiger partial charge in [-0.2, -0.15) is 0 Å². The number of carbonyl (C=O) groups is 2. The van der Waals surface area contributed by atoms with Crippen LogP contribution in [0.1, 0.15) is 21.0 Å². The lowest BCUT2D eigenvalue weighted by Gasteiger charge is -2.17. The predicted molar refractivity (Wildman–Crippen MR) is 76.6 cm³/mol. The van der Waals surface area contributed by atoms with Crippen LogP contribution in [0.2, 0.25) is 0 Å². The van der Waals surface area contributed by atoms with E-state index in [1.165, 1.54) is 4.57 Å². The molecule has 9 heteroatoms. The summed E-state index contributed by atoms with van der Waals surface area (Å²) in [5, 5.41) is 31.3. The zero-order valence-corrected chi connectivity index (χ0v) is 11.9. The number of rotatable bonds is 8. The molecule has 0 radical (unpaired) electrons. The van der Waals surface area contributed by atoms with Crippen molar-refractivity contribution < 1.29 is 24.9 Å². The molecule has 0 aliphatic heterocycles. The Balaban J connectivity index is 3.25. The first kappa shape index (κ1) is 17.8. The van der Waals surface area contributed by atoms with E-state index in [2.05, 4.69) is 10.6 Å². The second kappa shape index (κ2) is 8.93. The van der Waals surface area contributed by atoms with Crippen LogP contribution in [0, 0.1) is 0 Å². The van der Waals surface area contributed by atoms with Crippen LogP contribution in [-0.2, 0) is 6.54 Å². The number of hydrogen-bond acceptors (Lipinski definition) is 6. The summed E-state index contributed by atoms with van der Waals surface area (Å²) in [6, 6.07) is 2.09. The van der Waals surface area contributed by atoms with Crippen LogP contribution in [-0.4, -0.2) is 64.6 Å². The Bertz CT molecular complexity index is 539. The summed E-state index contributed by atoms with van der Waals surface area (Å²) >= 11 is 0. The minimum atomic E-state index is -0.642. The molecule has 0 fully saturated rings. The van der Waals surface area contributed by atoms with Gasteiger partial charge in [0.05, 0.1) is 19.8 Å². The van der Waals surface area contributed by atoms with E-state index in [-0.39, 0.29) is 50.8 Å². The average molecular weight is 313 g/mol. The predicted octanol–water partition coefficient (Wildman–Crippen LogP) is -2.72. The molecule has 0 atom stereocenters. The average Bonchev–Trinajstić information content (AvgIpc) is 2.51. The molecular formula is C13H19N3O6. The number of aliphatic hydroxyl groups excluding tert-OH is 3. The molecule has 1 rings (SSSR count). The normalized spacial score (nSPS) is 10.3. The molecule has 122 valence electrons. The zero-order valence-electron chi connectivity index (χ0n) is 11.9. The van der Waals surface area contributed by atoms with Gasteiger partial charge in [0, 0.05) is 31.8 Å². The summed E-state index contributed by atoms with van der Waals surface area (Å²) in [5.74, 6) is -1.28. The monoisotopic (exact) mass is 313 g/mol. The fourth-order valence-corrected chi connectivity index (χ4v) is 1.83. The van der Waals surface area contributed by atoms with Gasteiger partial charge in [-0.25, -0.2) is 0 Å². The Morgan fingerprint density at radius 2 is 1.36 bits per heavy atom. The van der Waals surface area contributed by atoms with Crippen molar-refractivity contribution >= 4 is 11.8 Å². The van der Waals surface area contributed by atoms with Gasteiger partial charge in [-0.1, -0.05) is 0 Å². The smallest absolute Gasteiger partial charge is 0.268 e. The van der Waals surface area contributed by atoms with Crippen LogP contribution in [0.15, 0.2) is 16.9 Å². The maximum absolute atomic E-state index is 12.0. The molecule has 0 aliphatic rings. The van der Waals surface area contributed by atoms with Gasteiger partial charge in [0.2, 0.25) is 0 Å². The Hall–Kier alpha value is -2.23. The molecular weight excluding hydrogens is 294 g/mol. The first-order valence-corrected chi connectivity index (χ1v) is 6.69. The highest BCUT2D eigenvalue weighted by atomic mass is 16.3. The maximum atomic E-state index is 12.0. The van der Waals surface area contributed by atoms with Gasteiger partial charge >= 0.3 is 0 Å². The highest BCUT2D eigenvalue weighted by molar-refractivity contribution is 5.96. The fraction of sp³-hybridized carbons (Fsp3) is 0.462. The maximum Gasteiger partial charge on any atom is 0.268 e. The summed E-state index contributed by atoms with van der Waals surface area (Å²) < 4.78 is 1.21. The number of hydrogen-bond donors (Lipinski definition) is 5. The Labute approximate surface area is 126 Å². The summed E-state index contributed by atoms with van der Waals surface area (Å²) in [6.07, 6.45) is 0. The van der Waals surface area contributed by atoms with Crippen molar-refractivity contribution in [1.82, 2.24) is 15.2 Å². The van der Waals surface area contributed by atoms with E-state index in [1.807, 2.05) is 0 Å². The molecule has 0 spiro atoms. The number of pyridine rings is 1. The summed E-state index contributed by atoms with van der Waals surface area (Å²) in [4.78, 5) is 35.7. The second-order valence-electron chi connectivity index (χ2n) is 4.30. The fourth-order valence-electron chi connectivity index (χ4n) is 1.83. The summed E-state index contributed by atoms with van der Waals surface area (Å²) in [7, 11) is 0.